The molecule has 0 radical (unpaired) electrons. The van der Waals surface area contributed by atoms with Crippen molar-refractivity contribution in [3.63, 3.8) is 0 Å². The predicted octanol–water partition coefficient (Wildman–Crippen LogP) is 2.43. The predicted molar refractivity (Wildman–Crippen MR) is 88.4 cm³/mol. The van der Waals surface area contributed by atoms with Gasteiger partial charge >= 0.3 is 0 Å². The van der Waals surface area contributed by atoms with Crippen LogP contribution in [0.1, 0.15) is 24.1 Å². The molecule has 0 bridgehead atoms. The lowest BCUT2D eigenvalue weighted by Gasteiger charge is -2.20. The van der Waals surface area contributed by atoms with Gasteiger partial charge in [-0.2, -0.15) is 0 Å². The number of carbonyl (C=O) groups is 1. The molecule has 0 spiro atoms. The molecular formula is C18H23N3O. The first kappa shape index (κ1) is 16.2. The third kappa shape index (κ3) is 4.97. The third-order valence-electron chi connectivity index (χ3n) is 3.77. The molecule has 1 heterocycles. The van der Waals surface area contributed by atoms with Crippen LogP contribution in [0.3, 0.4) is 0 Å². The molecule has 1 N–H and O–H groups in total. The molecule has 4 nitrogen and oxygen atoms in total. The summed E-state index contributed by atoms with van der Waals surface area (Å²) in [6.45, 7) is 3.13. The Hall–Kier alpha value is -2.20. The van der Waals surface area contributed by atoms with Gasteiger partial charge in [-0.3, -0.25) is 9.78 Å². The first-order valence-corrected chi connectivity index (χ1v) is 7.58. The standard InChI is InChI=1S/C18H23N3O/c1-15(17-6-4-3-5-7-17)20-14-18(22)21(2)13-10-16-8-11-19-12-9-16/h3-9,11-12,15,20H,10,13-14H2,1-2H3. The summed E-state index contributed by atoms with van der Waals surface area (Å²) in [5.74, 6) is 0.108. The third-order valence-corrected chi connectivity index (χ3v) is 3.77. The van der Waals surface area contributed by atoms with Crippen LogP contribution >= 0.6 is 0 Å². The number of nitrogens with one attached hydrogen (secondary N) is 1. The lowest BCUT2D eigenvalue weighted by atomic mass is 10.1. The normalized spacial score (nSPS) is 11.9. The molecule has 2 aromatic rings. The minimum atomic E-state index is 0.108. The Morgan fingerprint density at radius 2 is 1.86 bits per heavy atom. The quantitative estimate of drug-likeness (QED) is 0.854. The Balaban J connectivity index is 1.74. The van der Waals surface area contributed by atoms with Crippen molar-refractivity contribution >= 4 is 5.91 Å². The van der Waals surface area contributed by atoms with E-state index in [0.29, 0.717) is 13.1 Å². The van der Waals surface area contributed by atoms with Gasteiger partial charge in [0.1, 0.15) is 0 Å². The topological polar surface area (TPSA) is 45.2 Å². The number of hydrogen-bond acceptors (Lipinski definition) is 3. The molecule has 0 saturated carbocycles. The van der Waals surface area contributed by atoms with Crippen molar-refractivity contribution in [1.29, 1.82) is 0 Å². The number of rotatable bonds is 7. The van der Waals surface area contributed by atoms with E-state index in [2.05, 4.69) is 29.4 Å². The summed E-state index contributed by atoms with van der Waals surface area (Å²) < 4.78 is 0. The highest BCUT2D eigenvalue weighted by Gasteiger charge is 2.11. The summed E-state index contributed by atoms with van der Waals surface area (Å²) in [7, 11) is 1.85. The Kier molecular flexibility index (Phi) is 6.10. The number of likely N-dealkylation sites (N-methyl/N-ethyl adjacent to an activating group) is 1. The fourth-order valence-corrected chi connectivity index (χ4v) is 2.21. The Bertz CT molecular complexity index is 571. The van der Waals surface area contributed by atoms with Crippen LogP contribution in [0.4, 0.5) is 0 Å². The van der Waals surface area contributed by atoms with Crippen LogP contribution in [0, 0.1) is 0 Å². The van der Waals surface area contributed by atoms with Crippen molar-refractivity contribution in [2.75, 3.05) is 20.1 Å². The molecule has 1 aromatic carbocycles. The van der Waals surface area contributed by atoms with Gasteiger partial charge in [-0.05, 0) is 36.6 Å². The van der Waals surface area contributed by atoms with Crippen LogP contribution in [-0.2, 0) is 11.2 Å². The van der Waals surface area contributed by atoms with Gasteiger partial charge in [0.2, 0.25) is 5.91 Å². The fraction of sp³-hybridized carbons (Fsp3) is 0.333. The van der Waals surface area contributed by atoms with Gasteiger partial charge < -0.3 is 10.2 Å². The van der Waals surface area contributed by atoms with E-state index < -0.39 is 0 Å². The van der Waals surface area contributed by atoms with E-state index in [0.717, 1.165) is 6.42 Å². The minimum Gasteiger partial charge on any atom is -0.344 e. The second kappa shape index (κ2) is 8.29. The van der Waals surface area contributed by atoms with Gasteiger partial charge in [0.05, 0.1) is 6.54 Å². The summed E-state index contributed by atoms with van der Waals surface area (Å²) in [5.41, 5.74) is 2.38. The number of benzene rings is 1. The van der Waals surface area contributed by atoms with Crippen molar-refractivity contribution < 1.29 is 4.79 Å². The molecule has 1 unspecified atom stereocenters. The molecule has 22 heavy (non-hydrogen) atoms. The van der Waals surface area contributed by atoms with Crippen molar-refractivity contribution in [3.8, 4) is 0 Å². The van der Waals surface area contributed by atoms with Gasteiger partial charge in [0.25, 0.3) is 0 Å². The highest BCUT2D eigenvalue weighted by Crippen LogP contribution is 2.10. The van der Waals surface area contributed by atoms with Gasteiger partial charge in [-0.25, -0.2) is 0 Å². The van der Waals surface area contributed by atoms with E-state index in [1.165, 1.54) is 11.1 Å². The lowest BCUT2D eigenvalue weighted by Crippen LogP contribution is -2.37. The van der Waals surface area contributed by atoms with Gasteiger partial charge in [0.15, 0.2) is 0 Å². The molecule has 0 aliphatic rings. The van der Waals surface area contributed by atoms with E-state index in [4.69, 9.17) is 0 Å². The van der Waals surface area contributed by atoms with Crippen LogP contribution in [0.15, 0.2) is 54.9 Å². The molecule has 2 rings (SSSR count). The number of aromatic nitrogens is 1. The molecule has 1 aromatic heterocycles. The van der Waals surface area contributed by atoms with Gasteiger partial charge in [-0.15, -0.1) is 0 Å². The van der Waals surface area contributed by atoms with E-state index in [1.807, 2.05) is 37.4 Å². The average molecular weight is 297 g/mol. The number of nitrogens with zero attached hydrogens (tertiary/aromatic N) is 2. The Morgan fingerprint density at radius 1 is 1.18 bits per heavy atom. The molecule has 4 heteroatoms. The minimum absolute atomic E-state index is 0.108. The summed E-state index contributed by atoms with van der Waals surface area (Å²) in [4.78, 5) is 17.9. The van der Waals surface area contributed by atoms with Crippen LogP contribution in [0.5, 0.6) is 0 Å². The first-order valence-electron chi connectivity index (χ1n) is 7.58. The van der Waals surface area contributed by atoms with Crippen molar-refractivity contribution in [2.24, 2.45) is 0 Å². The highest BCUT2D eigenvalue weighted by atomic mass is 16.2. The highest BCUT2D eigenvalue weighted by molar-refractivity contribution is 5.78. The van der Waals surface area contributed by atoms with Crippen molar-refractivity contribution in [3.05, 3.63) is 66.0 Å². The second-order valence-corrected chi connectivity index (χ2v) is 5.43. The number of carbonyl (C=O) groups excluding carboxylic acids is 1. The molecule has 0 aliphatic heterocycles. The first-order chi connectivity index (χ1) is 10.7. The molecule has 0 aliphatic carbocycles. The molecule has 0 fully saturated rings. The van der Waals surface area contributed by atoms with E-state index in [-0.39, 0.29) is 11.9 Å². The summed E-state index contributed by atoms with van der Waals surface area (Å²) in [5, 5.41) is 3.28. The molecule has 0 saturated heterocycles. The number of amides is 1. The maximum absolute atomic E-state index is 12.2. The van der Waals surface area contributed by atoms with Crippen molar-refractivity contribution in [2.45, 2.75) is 19.4 Å². The molecule has 1 atom stereocenters. The monoisotopic (exact) mass is 297 g/mol. The molecule has 116 valence electrons. The van der Waals surface area contributed by atoms with Crippen LogP contribution in [0.2, 0.25) is 0 Å². The summed E-state index contributed by atoms with van der Waals surface area (Å²) in [6, 6.07) is 14.3. The maximum Gasteiger partial charge on any atom is 0.236 e. The smallest absolute Gasteiger partial charge is 0.236 e. The zero-order valence-electron chi connectivity index (χ0n) is 13.2. The second-order valence-electron chi connectivity index (χ2n) is 5.43. The maximum atomic E-state index is 12.2. The van der Waals surface area contributed by atoms with Crippen molar-refractivity contribution in [1.82, 2.24) is 15.2 Å². The average Bonchev–Trinajstić information content (AvgIpc) is 2.58. The van der Waals surface area contributed by atoms with E-state index in [1.54, 1.807) is 17.3 Å². The van der Waals surface area contributed by atoms with Gasteiger partial charge in [-0.1, -0.05) is 30.3 Å². The van der Waals surface area contributed by atoms with E-state index >= 15 is 0 Å². The van der Waals surface area contributed by atoms with Crippen LogP contribution in [0.25, 0.3) is 0 Å². The molecular weight excluding hydrogens is 274 g/mol. The Morgan fingerprint density at radius 3 is 2.55 bits per heavy atom. The molecule has 1 amide bonds. The SMILES string of the molecule is CC(NCC(=O)N(C)CCc1ccncc1)c1ccccc1. The Labute approximate surface area is 132 Å². The van der Waals surface area contributed by atoms with Crippen LogP contribution in [-0.4, -0.2) is 35.9 Å². The fourth-order valence-electron chi connectivity index (χ4n) is 2.21. The number of pyridine rings is 1. The van der Waals surface area contributed by atoms with Crippen LogP contribution < -0.4 is 5.32 Å². The summed E-state index contributed by atoms with van der Waals surface area (Å²) >= 11 is 0. The zero-order chi connectivity index (χ0) is 15.8. The lowest BCUT2D eigenvalue weighted by molar-refractivity contribution is -0.129. The van der Waals surface area contributed by atoms with Gasteiger partial charge in [0, 0.05) is 32.0 Å². The number of hydrogen-bond donors (Lipinski definition) is 1. The van der Waals surface area contributed by atoms with E-state index in [9.17, 15) is 4.79 Å². The summed E-state index contributed by atoms with van der Waals surface area (Å²) in [6.07, 6.45) is 4.40. The zero-order valence-corrected chi connectivity index (χ0v) is 13.2. The largest absolute Gasteiger partial charge is 0.344 e.